The van der Waals surface area contributed by atoms with E-state index in [4.69, 9.17) is 5.73 Å². The molecule has 0 fully saturated rings. The number of hydrogen-bond acceptors (Lipinski definition) is 5. The number of ether oxygens (including phenoxy) is 1. The first-order valence-corrected chi connectivity index (χ1v) is 6.45. The highest BCUT2D eigenvalue weighted by molar-refractivity contribution is 7.90. The lowest BCUT2D eigenvalue weighted by molar-refractivity contribution is -0.139. The highest BCUT2D eigenvalue weighted by Gasteiger charge is 2.17. The van der Waals surface area contributed by atoms with E-state index in [0.717, 1.165) is 0 Å². The summed E-state index contributed by atoms with van der Waals surface area (Å²) in [6.07, 6.45) is 0.669. The van der Waals surface area contributed by atoms with Crippen LogP contribution in [-0.4, -0.2) is 39.3 Å². The number of rotatable bonds is 7. The van der Waals surface area contributed by atoms with Crippen molar-refractivity contribution in [2.75, 3.05) is 18.9 Å². The second-order valence-corrected chi connectivity index (χ2v) is 4.89. The average molecular weight is 238 g/mol. The molecule has 0 aliphatic carbocycles. The molecule has 3 N–H and O–H groups in total. The number of carbonyl (C=O) groups is 1. The van der Waals surface area contributed by atoms with Crippen molar-refractivity contribution in [2.24, 2.45) is 5.73 Å². The Bertz CT molecular complexity index is 289. The number of nitrogens with two attached hydrogens (primary N) is 1. The van der Waals surface area contributed by atoms with Gasteiger partial charge in [0, 0.05) is 12.6 Å². The third-order valence-electron chi connectivity index (χ3n) is 1.70. The SMILES string of the molecule is CCOC(=O)CS(=O)(=O)NCC(N)CC. The number of hydrogen-bond donors (Lipinski definition) is 2. The second-order valence-electron chi connectivity index (χ2n) is 3.08. The lowest BCUT2D eigenvalue weighted by Gasteiger charge is -2.10. The molecule has 0 bridgehead atoms. The van der Waals surface area contributed by atoms with Crippen LogP contribution in [0.5, 0.6) is 0 Å². The molecule has 7 heteroatoms. The van der Waals surface area contributed by atoms with Gasteiger partial charge in [-0.15, -0.1) is 0 Å². The van der Waals surface area contributed by atoms with Crippen molar-refractivity contribution in [1.82, 2.24) is 4.72 Å². The number of esters is 1. The Balaban J connectivity index is 4.03. The van der Waals surface area contributed by atoms with E-state index in [-0.39, 0.29) is 19.2 Å². The summed E-state index contributed by atoms with van der Waals surface area (Å²) in [5, 5.41) is 0. The van der Waals surface area contributed by atoms with Crippen molar-refractivity contribution < 1.29 is 17.9 Å². The van der Waals surface area contributed by atoms with Gasteiger partial charge in [0.1, 0.15) is 0 Å². The first kappa shape index (κ1) is 14.3. The molecular formula is C8H18N2O4S. The summed E-state index contributed by atoms with van der Waals surface area (Å²) < 4.78 is 29.3. The number of nitrogens with one attached hydrogen (secondary N) is 1. The van der Waals surface area contributed by atoms with Crippen molar-refractivity contribution in [2.45, 2.75) is 26.3 Å². The number of carbonyl (C=O) groups excluding carboxylic acids is 1. The largest absolute Gasteiger partial charge is 0.465 e. The van der Waals surface area contributed by atoms with Gasteiger partial charge in [-0.1, -0.05) is 6.92 Å². The maximum Gasteiger partial charge on any atom is 0.322 e. The highest BCUT2D eigenvalue weighted by atomic mass is 32.2. The molecule has 0 aromatic rings. The summed E-state index contributed by atoms with van der Waals surface area (Å²) in [6.45, 7) is 3.77. The zero-order chi connectivity index (χ0) is 11.9. The third kappa shape index (κ3) is 7.29. The van der Waals surface area contributed by atoms with Gasteiger partial charge < -0.3 is 10.5 Å². The Morgan fingerprint density at radius 1 is 1.47 bits per heavy atom. The Morgan fingerprint density at radius 2 is 2.07 bits per heavy atom. The highest BCUT2D eigenvalue weighted by Crippen LogP contribution is 1.90. The van der Waals surface area contributed by atoms with Crippen LogP contribution in [0.3, 0.4) is 0 Å². The standard InChI is InChI=1S/C8H18N2O4S/c1-3-7(9)5-10-15(12,13)6-8(11)14-4-2/h7,10H,3-6,9H2,1-2H3. The summed E-state index contributed by atoms with van der Waals surface area (Å²) >= 11 is 0. The van der Waals surface area contributed by atoms with Crippen LogP contribution in [0.1, 0.15) is 20.3 Å². The van der Waals surface area contributed by atoms with Crippen LogP contribution in [0.4, 0.5) is 0 Å². The minimum atomic E-state index is -3.61. The van der Waals surface area contributed by atoms with E-state index in [1.807, 2.05) is 6.92 Å². The van der Waals surface area contributed by atoms with Gasteiger partial charge in [0.2, 0.25) is 10.0 Å². The van der Waals surface area contributed by atoms with Crippen molar-refractivity contribution in [3.05, 3.63) is 0 Å². The fraction of sp³-hybridized carbons (Fsp3) is 0.875. The van der Waals surface area contributed by atoms with Gasteiger partial charge in [0.05, 0.1) is 6.61 Å². The van der Waals surface area contributed by atoms with E-state index in [9.17, 15) is 13.2 Å². The molecule has 0 aliphatic rings. The Morgan fingerprint density at radius 3 is 2.53 bits per heavy atom. The van der Waals surface area contributed by atoms with Gasteiger partial charge in [-0.3, -0.25) is 4.79 Å². The molecule has 15 heavy (non-hydrogen) atoms. The van der Waals surface area contributed by atoms with Crippen LogP contribution in [0.15, 0.2) is 0 Å². The van der Waals surface area contributed by atoms with Crippen LogP contribution >= 0.6 is 0 Å². The predicted octanol–water partition coefficient (Wildman–Crippen LogP) is -0.794. The normalized spacial score (nSPS) is 13.5. The third-order valence-corrected chi connectivity index (χ3v) is 2.93. The Kier molecular flexibility index (Phi) is 6.46. The monoisotopic (exact) mass is 238 g/mol. The van der Waals surface area contributed by atoms with E-state index in [1.54, 1.807) is 6.92 Å². The van der Waals surface area contributed by atoms with Crippen LogP contribution < -0.4 is 10.5 Å². The molecule has 0 aromatic carbocycles. The molecular weight excluding hydrogens is 220 g/mol. The van der Waals surface area contributed by atoms with Gasteiger partial charge in [-0.2, -0.15) is 0 Å². The fourth-order valence-corrected chi connectivity index (χ4v) is 1.75. The van der Waals surface area contributed by atoms with Crippen molar-refractivity contribution in [3.8, 4) is 0 Å². The Hall–Kier alpha value is -0.660. The first-order valence-electron chi connectivity index (χ1n) is 4.79. The summed E-state index contributed by atoms with van der Waals surface area (Å²) in [4.78, 5) is 10.9. The van der Waals surface area contributed by atoms with Crippen molar-refractivity contribution >= 4 is 16.0 Å². The summed E-state index contributed by atoms with van der Waals surface area (Å²) in [6, 6.07) is -0.234. The summed E-state index contributed by atoms with van der Waals surface area (Å²) in [5.74, 6) is -1.41. The van der Waals surface area contributed by atoms with Gasteiger partial charge >= 0.3 is 5.97 Å². The molecule has 0 saturated carbocycles. The topological polar surface area (TPSA) is 98.5 Å². The van der Waals surface area contributed by atoms with E-state index >= 15 is 0 Å². The predicted molar refractivity (Wildman–Crippen MR) is 56.7 cm³/mol. The minimum Gasteiger partial charge on any atom is -0.465 e. The molecule has 0 aliphatic heterocycles. The van der Waals surface area contributed by atoms with E-state index < -0.39 is 21.7 Å². The van der Waals surface area contributed by atoms with Crippen LogP contribution in [0, 0.1) is 0 Å². The zero-order valence-corrected chi connectivity index (χ0v) is 9.84. The summed E-state index contributed by atoms with van der Waals surface area (Å²) in [5.41, 5.74) is 5.53. The van der Waals surface area contributed by atoms with Crippen LogP contribution in [-0.2, 0) is 19.6 Å². The fourth-order valence-electron chi connectivity index (χ4n) is 0.787. The zero-order valence-electron chi connectivity index (χ0n) is 9.02. The molecule has 0 spiro atoms. The van der Waals surface area contributed by atoms with Gasteiger partial charge in [0.15, 0.2) is 5.75 Å². The van der Waals surface area contributed by atoms with E-state index in [1.165, 1.54) is 0 Å². The molecule has 0 rings (SSSR count). The molecule has 90 valence electrons. The Labute approximate surface area is 90.2 Å². The smallest absolute Gasteiger partial charge is 0.322 e. The van der Waals surface area contributed by atoms with Gasteiger partial charge in [0.25, 0.3) is 0 Å². The molecule has 0 radical (unpaired) electrons. The average Bonchev–Trinajstić information content (AvgIpc) is 2.13. The second kappa shape index (κ2) is 6.76. The van der Waals surface area contributed by atoms with Gasteiger partial charge in [-0.05, 0) is 13.3 Å². The molecule has 0 aromatic heterocycles. The molecule has 0 heterocycles. The molecule has 1 atom stereocenters. The van der Waals surface area contributed by atoms with Crippen molar-refractivity contribution in [3.63, 3.8) is 0 Å². The lowest BCUT2D eigenvalue weighted by Crippen LogP contribution is -2.39. The summed E-state index contributed by atoms with van der Waals surface area (Å²) in [7, 11) is -3.61. The van der Waals surface area contributed by atoms with Crippen LogP contribution in [0.25, 0.3) is 0 Å². The van der Waals surface area contributed by atoms with Crippen LogP contribution in [0.2, 0.25) is 0 Å². The lowest BCUT2D eigenvalue weighted by atomic mass is 10.2. The molecule has 0 saturated heterocycles. The molecule has 6 nitrogen and oxygen atoms in total. The van der Waals surface area contributed by atoms with Crippen molar-refractivity contribution in [1.29, 1.82) is 0 Å². The van der Waals surface area contributed by atoms with Gasteiger partial charge in [-0.25, -0.2) is 13.1 Å². The molecule has 1 unspecified atom stereocenters. The maximum absolute atomic E-state index is 11.3. The maximum atomic E-state index is 11.3. The van der Waals surface area contributed by atoms with E-state index in [2.05, 4.69) is 9.46 Å². The first-order chi connectivity index (χ1) is 6.91. The van der Waals surface area contributed by atoms with E-state index in [0.29, 0.717) is 6.42 Å². The molecule has 0 amide bonds. The quantitative estimate of drug-likeness (QED) is 0.566. The number of sulfonamides is 1. The minimum absolute atomic E-state index is 0.137.